The first-order chi connectivity index (χ1) is 13.4. The lowest BCUT2D eigenvalue weighted by Crippen LogP contribution is -2.17. The molecule has 1 fully saturated rings. The second-order valence-corrected chi connectivity index (χ2v) is 8.56. The number of benzene rings is 2. The fourth-order valence-electron chi connectivity index (χ4n) is 2.77. The highest BCUT2D eigenvalue weighted by Gasteiger charge is 2.22. The van der Waals surface area contributed by atoms with Gasteiger partial charge in [-0.15, -0.1) is 0 Å². The van der Waals surface area contributed by atoms with Crippen molar-refractivity contribution in [1.29, 1.82) is 0 Å². The Kier molecular flexibility index (Phi) is 6.99. The van der Waals surface area contributed by atoms with Gasteiger partial charge in [-0.05, 0) is 61.4 Å². The summed E-state index contributed by atoms with van der Waals surface area (Å²) in [6.07, 6.45) is 2.47. The van der Waals surface area contributed by atoms with Crippen molar-refractivity contribution in [3.63, 3.8) is 0 Å². The van der Waals surface area contributed by atoms with E-state index < -0.39 is 0 Å². The predicted octanol–water partition coefficient (Wildman–Crippen LogP) is 5.29. The van der Waals surface area contributed by atoms with Crippen LogP contribution in [0, 0.1) is 13.8 Å². The number of amides is 1. The molecular weight excluding hydrogens is 414 g/mol. The molecule has 1 amide bonds. The van der Waals surface area contributed by atoms with E-state index in [4.69, 9.17) is 33.3 Å². The van der Waals surface area contributed by atoms with Gasteiger partial charge in [0.05, 0.1) is 18.1 Å². The van der Waals surface area contributed by atoms with Gasteiger partial charge < -0.3 is 14.8 Å². The number of thiocarbonyl (C=S) groups is 1. The first-order valence-electron chi connectivity index (χ1n) is 8.79. The maximum Gasteiger partial charge on any atom is 0.263 e. The molecule has 7 heteroatoms. The third-order valence-corrected chi connectivity index (χ3v) is 5.31. The first kappa shape index (κ1) is 20.7. The Morgan fingerprint density at radius 1 is 1.11 bits per heavy atom. The summed E-state index contributed by atoms with van der Waals surface area (Å²) in [6.45, 7) is 5.14. The van der Waals surface area contributed by atoms with Crippen LogP contribution in [0.15, 0.2) is 41.3 Å². The molecule has 2 aromatic rings. The van der Waals surface area contributed by atoms with Crippen LogP contribution < -0.4 is 14.8 Å². The van der Waals surface area contributed by atoms with E-state index in [1.54, 1.807) is 24.3 Å². The maximum absolute atomic E-state index is 11.9. The van der Waals surface area contributed by atoms with E-state index in [2.05, 4.69) is 25.2 Å². The number of rotatable bonds is 7. The van der Waals surface area contributed by atoms with Crippen LogP contribution in [-0.4, -0.2) is 23.4 Å². The molecule has 28 heavy (non-hydrogen) atoms. The zero-order valence-corrected chi connectivity index (χ0v) is 18.0. The third kappa shape index (κ3) is 5.74. The lowest BCUT2D eigenvalue weighted by Gasteiger charge is -2.11. The van der Waals surface area contributed by atoms with Crippen molar-refractivity contribution in [3.05, 3.63) is 63.0 Å². The Labute approximate surface area is 179 Å². The van der Waals surface area contributed by atoms with Crippen LogP contribution in [0.5, 0.6) is 11.5 Å². The topological polar surface area (TPSA) is 47.6 Å². The molecule has 146 valence electrons. The minimum atomic E-state index is -0.206. The second-order valence-electron chi connectivity index (χ2n) is 6.41. The average molecular weight is 434 g/mol. The van der Waals surface area contributed by atoms with Crippen molar-refractivity contribution in [2.24, 2.45) is 0 Å². The van der Waals surface area contributed by atoms with Crippen molar-refractivity contribution in [3.8, 4) is 11.5 Å². The molecule has 0 aromatic heterocycles. The molecule has 0 unspecified atom stereocenters. The molecule has 3 rings (SSSR count). The Morgan fingerprint density at radius 2 is 1.82 bits per heavy atom. The van der Waals surface area contributed by atoms with Gasteiger partial charge in [0.15, 0.2) is 0 Å². The molecule has 0 aliphatic carbocycles. The zero-order valence-electron chi connectivity index (χ0n) is 15.6. The van der Waals surface area contributed by atoms with E-state index in [1.165, 1.54) is 22.9 Å². The Bertz CT molecular complexity index is 923. The normalized spacial score (nSPS) is 15.0. The van der Waals surface area contributed by atoms with Crippen molar-refractivity contribution in [2.75, 3.05) is 13.2 Å². The summed E-state index contributed by atoms with van der Waals surface area (Å²) in [5, 5.41) is 3.17. The number of nitrogens with one attached hydrogen (secondary N) is 1. The van der Waals surface area contributed by atoms with E-state index >= 15 is 0 Å². The maximum atomic E-state index is 11.9. The monoisotopic (exact) mass is 433 g/mol. The van der Waals surface area contributed by atoms with Gasteiger partial charge in [0.25, 0.3) is 5.91 Å². The number of thioether (sulfide) groups is 1. The zero-order chi connectivity index (χ0) is 20.1. The van der Waals surface area contributed by atoms with Gasteiger partial charge in [0, 0.05) is 17.0 Å². The molecule has 1 aliphatic heterocycles. The van der Waals surface area contributed by atoms with Gasteiger partial charge in [-0.25, -0.2) is 0 Å². The quantitative estimate of drug-likeness (QED) is 0.365. The SMILES string of the molecule is Cc1cc(C)cc(OCCCOc2ccc(Cl)cc2/C=C2\SC(=S)NC2=O)c1. The Hall–Kier alpha value is -2.02. The van der Waals surface area contributed by atoms with Crippen LogP contribution in [-0.2, 0) is 4.79 Å². The third-order valence-electron chi connectivity index (χ3n) is 3.91. The van der Waals surface area contributed by atoms with Crippen LogP contribution in [0.1, 0.15) is 23.1 Å². The van der Waals surface area contributed by atoms with Crippen molar-refractivity contribution in [1.82, 2.24) is 5.32 Å². The number of hydrogen-bond donors (Lipinski definition) is 1. The standard InChI is InChI=1S/C21H20ClNO3S2/c1-13-8-14(2)10-17(9-13)25-6-3-7-26-18-5-4-16(22)11-15(18)12-19-20(24)23-21(27)28-19/h4-5,8-12H,3,6-7H2,1-2H3,(H,23,24,27)/b19-12-. The summed E-state index contributed by atoms with van der Waals surface area (Å²) in [4.78, 5) is 12.4. The molecule has 1 saturated heterocycles. The summed E-state index contributed by atoms with van der Waals surface area (Å²) < 4.78 is 12.1. The molecule has 1 heterocycles. The van der Waals surface area contributed by atoms with E-state index in [0.717, 1.165) is 17.7 Å². The molecule has 0 atom stereocenters. The van der Waals surface area contributed by atoms with E-state index in [0.29, 0.717) is 33.2 Å². The molecule has 1 aliphatic rings. The molecular formula is C21H20ClNO3S2. The van der Waals surface area contributed by atoms with Gasteiger partial charge in [-0.3, -0.25) is 4.79 Å². The number of halogens is 1. The van der Waals surface area contributed by atoms with Gasteiger partial charge in [0.2, 0.25) is 0 Å². The summed E-state index contributed by atoms with van der Waals surface area (Å²) in [6, 6.07) is 11.5. The van der Waals surface area contributed by atoms with Crippen molar-refractivity contribution < 1.29 is 14.3 Å². The highest BCUT2D eigenvalue weighted by molar-refractivity contribution is 8.26. The highest BCUT2D eigenvalue weighted by atomic mass is 35.5. The van der Waals surface area contributed by atoms with Crippen molar-refractivity contribution in [2.45, 2.75) is 20.3 Å². The summed E-state index contributed by atoms with van der Waals surface area (Å²) in [7, 11) is 0. The second kappa shape index (κ2) is 9.45. The van der Waals surface area contributed by atoms with E-state index in [1.807, 2.05) is 12.1 Å². The lowest BCUT2D eigenvalue weighted by atomic mass is 10.1. The van der Waals surface area contributed by atoms with Gasteiger partial charge in [0.1, 0.15) is 15.8 Å². The lowest BCUT2D eigenvalue weighted by molar-refractivity contribution is -0.115. The van der Waals surface area contributed by atoms with Crippen LogP contribution in [0.4, 0.5) is 0 Å². The average Bonchev–Trinajstić information content (AvgIpc) is 2.92. The van der Waals surface area contributed by atoms with Crippen LogP contribution >= 0.6 is 35.6 Å². The van der Waals surface area contributed by atoms with Crippen LogP contribution in [0.2, 0.25) is 5.02 Å². The Balaban J connectivity index is 1.58. The van der Waals surface area contributed by atoms with Crippen LogP contribution in [0.25, 0.3) is 6.08 Å². The first-order valence-corrected chi connectivity index (χ1v) is 10.4. The molecule has 0 radical (unpaired) electrons. The van der Waals surface area contributed by atoms with Crippen molar-refractivity contribution >= 4 is 51.9 Å². The van der Waals surface area contributed by atoms with E-state index in [-0.39, 0.29) is 5.91 Å². The van der Waals surface area contributed by atoms with Crippen LogP contribution in [0.3, 0.4) is 0 Å². The van der Waals surface area contributed by atoms with Gasteiger partial charge in [-0.1, -0.05) is 41.6 Å². The number of aryl methyl sites for hydroxylation is 2. The summed E-state index contributed by atoms with van der Waals surface area (Å²) in [5.41, 5.74) is 3.10. The smallest absolute Gasteiger partial charge is 0.263 e. The molecule has 0 saturated carbocycles. The minimum absolute atomic E-state index is 0.206. The summed E-state index contributed by atoms with van der Waals surface area (Å²) in [5.74, 6) is 1.33. The van der Waals surface area contributed by atoms with Gasteiger partial charge in [-0.2, -0.15) is 0 Å². The Morgan fingerprint density at radius 3 is 2.50 bits per heavy atom. The predicted molar refractivity (Wildman–Crippen MR) is 119 cm³/mol. The number of ether oxygens (including phenoxy) is 2. The number of carbonyl (C=O) groups is 1. The molecule has 2 aromatic carbocycles. The van der Waals surface area contributed by atoms with Gasteiger partial charge >= 0.3 is 0 Å². The molecule has 0 bridgehead atoms. The largest absolute Gasteiger partial charge is 0.493 e. The molecule has 1 N–H and O–H groups in total. The minimum Gasteiger partial charge on any atom is -0.493 e. The van der Waals surface area contributed by atoms with E-state index in [9.17, 15) is 4.79 Å². The highest BCUT2D eigenvalue weighted by Crippen LogP contribution is 2.31. The number of hydrogen-bond acceptors (Lipinski definition) is 5. The molecule has 4 nitrogen and oxygen atoms in total. The fourth-order valence-corrected chi connectivity index (χ4v) is 3.99. The summed E-state index contributed by atoms with van der Waals surface area (Å²) >= 11 is 12.4. The molecule has 0 spiro atoms. The fraction of sp³-hybridized carbons (Fsp3) is 0.238. The number of carbonyl (C=O) groups excluding carboxylic acids is 1.